The highest BCUT2D eigenvalue weighted by Crippen LogP contribution is 2.20. The van der Waals surface area contributed by atoms with Gasteiger partial charge in [-0.05, 0) is 6.92 Å². The first-order chi connectivity index (χ1) is 5.33. The maximum absolute atomic E-state index is 10.5. The molecule has 2 heterocycles. The van der Waals surface area contributed by atoms with Crippen LogP contribution < -0.4 is 4.74 Å². The molecule has 58 valence electrons. The fraction of sp³-hybridized carbons (Fsp3) is 0.429. The van der Waals surface area contributed by atoms with Gasteiger partial charge >= 0.3 is 0 Å². The number of nitrogens with zero attached hydrogens (tertiary/aromatic N) is 2. The predicted octanol–water partition coefficient (Wildman–Crippen LogP) is 0.396. The lowest BCUT2D eigenvalue weighted by atomic mass is 10.4. The molecule has 0 spiro atoms. The van der Waals surface area contributed by atoms with Gasteiger partial charge in [0.1, 0.15) is 12.3 Å². The standard InChI is InChI=1S/C7H8N2O2/c1-5-6(4-10)9-2-3-11-7(9)8-5/h4H,2-3H2,1H3. The fourth-order valence-corrected chi connectivity index (χ4v) is 1.26. The summed E-state index contributed by atoms with van der Waals surface area (Å²) in [7, 11) is 0. The Morgan fingerprint density at radius 2 is 2.55 bits per heavy atom. The first-order valence-corrected chi connectivity index (χ1v) is 3.48. The van der Waals surface area contributed by atoms with E-state index in [0.29, 0.717) is 18.3 Å². The average Bonchev–Trinajstić information content (AvgIpc) is 2.46. The van der Waals surface area contributed by atoms with Crippen LogP contribution >= 0.6 is 0 Å². The zero-order valence-corrected chi connectivity index (χ0v) is 6.20. The molecular weight excluding hydrogens is 144 g/mol. The van der Waals surface area contributed by atoms with Gasteiger partial charge in [0.05, 0.1) is 12.2 Å². The van der Waals surface area contributed by atoms with E-state index >= 15 is 0 Å². The molecule has 0 N–H and O–H groups in total. The van der Waals surface area contributed by atoms with E-state index in [2.05, 4.69) is 4.98 Å². The van der Waals surface area contributed by atoms with E-state index < -0.39 is 0 Å². The molecule has 0 saturated heterocycles. The number of rotatable bonds is 1. The van der Waals surface area contributed by atoms with E-state index in [1.54, 1.807) is 11.5 Å². The third-order valence-corrected chi connectivity index (χ3v) is 1.81. The van der Waals surface area contributed by atoms with Gasteiger partial charge < -0.3 is 4.74 Å². The van der Waals surface area contributed by atoms with Crippen molar-refractivity contribution >= 4 is 6.29 Å². The molecule has 0 unspecified atom stereocenters. The summed E-state index contributed by atoms with van der Waals surface area (Å²) in [5.74, 6) is 0. The van der Waals surface area contributed by atoms with E-state index in [-0.39, 0.29) is 0 Å². The predicted molar refractivity (Wildman–Crippen MR) is 37.8 cm³/mol. The van der Waals surface area contributed by atoms with Crippen molar-refractivity contribution < 1.29 is 9.53 Å². The summed E-state index contributed by atoms with van der Waals surface area (Å²) < 4.78 is 6.95. The van der Waals surface area contributed by atoms with E-state index in [1.165, 1.54) is 0 Å². The summed E-state index contributed by atoms with van der Waals surface area (Å²) >= 11 is 0. The van der Waals surface area contributed by atoms with Crippen molar-refractivity contribution in [2.75, 3.05) is 6.61 Å². The lowest BCUT2D eigenvalue weighted by molar-refractivity contribution is 0.111. The second-order valence-electron chi connectivity index (χ2n) is 2.48. The van der Waals surface area contributed by atoms with Crippen molar-refractivity contribution in [2.24, 2.45) is 0 Å². The Morgan fingerprint density at radius 3 is 3.27 bits per heavy atom. The van der Waals surface area contributed by atoms with Crippen molar-refractivity contribution in [3.8, 4) is 6.01 Å². The van der Waals surface area contributed by atoms with Crippen LogP contribution in [-0.4, -0.2) is 22.4 Å². The van der Waals surface area contributed by atoms with Gasteiger partial charge in [-0.3, -0.25) is 9.36 Å². The lowest BCUT2D eigenvalue weighted by Crippen LogP contribution is -1.99. The van der Waals surface area contributed by atoms with Crippen molar-refractivity contribution in [3.05, 3.63) is 11.4 Å². The van der Waals surface area contributed by atoms with Crippen LogP contribution in [0.1, 0.15) is 16.2 Å². The van der Waals surface area contributed by atoms with Gasteiger partial charge in [-0.2, -0.15) is 4.98 Å². The number of fused-ring (bicyclic) bond motifs is 1. The van der Waals surface area contributed by atoms with E-state index in [0.717, 1.165) is 18.5 Å². The molecule has 1 aromatic heterocycles. The highest BCUT2D eigenvalue weighted by atomic mass is 16.5. The smallest absolute Gasteiger partial charge is 0.297 e. The molecule has 0 amide bonds. The Morgan fingerprint density at radius 1 is 1.73 bits per heavy atom. The molecular formula is C7H8N2O2. The molecule has 1 aliphatic rings. The van der Waals surface area contributed by atoms with Crippen molar-refractivity contribution in [2.45, 2.75) is 13.5 Å². The van der Waals surface area contributed by atoms with Crippen molar-refractivity contribution in [1.82, 2.24) is 9.55 Å². The third kappa shape index (κ3) is 0.753. The maximum Gasteiger partial charge on any atom is 0.297 e. The molecule has 2 rings (SSSR count). The molecule has 0 atom stereocenters. The Kier molecular flexibility index (Phi) is 1.21. The molecule has 4 heteroatoms. The van der Waals surface area contributed by atoms with Crippen LogP contribution in [0.15, 0.2) is 0 Å². The Labute approximate surface area is 63.8 Å². The molecule has 1 aliphatic heterocycles. The molecule has 4 nitrogen and oxygen atoms in total. The highest BCUT2D eigenvalue weighted by Gasteiger charge is 2.19. The summed E-state index contributed by atoms with van der Waals surface area (Å²) in [5.41, 5.74) is 1.38. The quantitative estimate of drug-likeness (QED) is 0.547. The largest absolute Gasteiger partial charge is 0.463 e. The maximum atomic E-state index is 10.5. The summed E-state index contributed by atoms with van der Waals surface area (Å²) in [5, 5.41) is 0. The third-order valence-electron chi connectivity index (χ3n) is 1.81. The van der Waals surface area contributed by atoms with Crippen molar-refractivity contribution in [3.63, 3.8) is 0 Å². The van der Waals surface area contributed by atoms with E-state index in [1.807, 2.05) is 0 Å². The SMILES string of the molecule is Cc1nc2n(c1C=O)CCO2. The van der Waals surface area contributed by atoms with Gasteiger partial charge in [0.2, 0.25) is 0 Å². The number of hydrogen-bond acceptors (Lipinski definition) is 3. The van der Waals surface area contributed by atoms with Crippen LogP contribution in [-0.2, 0) is 6.54 Å². The van der Waals surface area contributed by atoms with Gasteiger partial charge in [0, 0.05) is 0 Å². The summed E-state index contributed by atoms with van der Waals surface area (Å²) in [6.07, 6.45) is 0.820. The van der Waals surface area contributed by atoms with Crippen LogP contribution in [0.4, 0.5) is 0 Å². The number of aromatic nitrogens is 2. The topological polar surface area (TPSA) is 44.1 Å². The summed E-state index contributed by atoms with van der Waals surface area (Å²) in [6, 6.07) is 0.574. The van der Waals surface area contributed by atoms with Crippen LogP contribution in [0.2, 0.25) is 0 Å². The van der Waals surface area contributed by atoms with E-state index in [9.17, 15) is 4.79 Å². The minimum absolute atomic E-state index is 0.574. The lowest BCUT2D eigenvalue weighted by Gasteiger charge is -1.92. The molecule has 0 bridgehead atoms. The van der Waals surface area contributed by atoms with Gasteiger partial charge in [-0.1, -0.05) is 0 Å². The van der Waals surface area contributed by atoms with Gasteiger partial charge in [-0.15, -0.1) is 0 Å². The first kappa shape index (κ1) is 6.39. The molecule has 11 heavy (non-hydrogen) atoms. The molecule has 1 aromatic rings. The Balaban J connectivity index is 2.60. The van der Waals surface area contributed by atoms with Crippen LogP contribution in [0.5, 0.6) is 6.01 Å². The number of aryl methyl sites for hydroxylation is 1. The zero-order chi connectivity index (χ0) is 7.84. The molecule has 0 aliphatic carbocycles. The second kappa shape index (κ2) is 2.08. The number of imidazole rings is 1. The minimum atomic E-state index is 0.574. The molecule has 0 aromatic carbocycles. The molecule has 0 radical (unpaired) electrons. The van der Waals surface area contributed by atoms with Crippen LogP contribution in [0.3, 0.4) is 0 Å². The zero-order valence-electron chi connectivity index (χ0n) is 6.20. The number of ether oxygens (including phenoxy) is 1. The minimum Gasteiger partial charge on any atom is -0.463 e. The average molecular weight is 152 g/mol. The van der Waals surface area contributed by atoms with Gasteiger partial charge in [-0.25, -0.2) is 0 Å². The van der Waals surface area contributed by atoms with Gasteiger partial charge in [0.25, 0.3) is 6.01 Å². The number of carbonyl (C=O) groups excluding carboxylic acids is 1. The van der Waals surface area contributed by atoms with Crippen LogP contribution in [0, 0.1) is 6.92 Å². The highest BCUT2D eigenvalue weighted by molar-refractivity contribution is 5.74. The monoisotopic (exact) mass is 152 g/mol. The van der Waals surface area contributed by atoms with Crippen LogP contribution in [0.25, 0.3) is 0 Å². The summed E-state index contributed by atoms with van der Waals surface area (Å²) in [4.78, 5) is 14.6. The Bertz CT molecular complexity index is 304. The normalized spacial score (nSPS) is 14.3. The first-order valence-electron chi connectivity index (χ1n) is 3.48. The van der Waals surface area contributed by atoms with Gasteiger partial charge in [0.15, 0.2) is 6.29 Å². The number of aldehydes is 1. The molecule has 0 fully saturated rings. The second-order valence-corrected chi connectivity index (χ2v) is 2.48. The summed E-state index contributed by atoms with van der Waals surface area (Å²) in [6.45, 7) is 3.17. The fourth-order valence-electron chi connectivity index (χ4n) is 1.26. The van der Waals surface area contributed by atoms with E-state index in [4.69, 9.17) is 4.74 Å². The Hall–Kier alpha value is -1.32. The van der Waals surface area contributed by atoms with Crippen molar-refractivity contribution in [1.29, 1.82) is 0 Å². The number of hydrogen-bond donors (Lipinski definition) is 0. The molecule has 0 saturated carbocycles. The number of carbonyl (C=O) groups is 1.